The summed E-state index contributed by atoms with van der Waals surface area (Å²) in [6, 6.07) is 1.26. The molecule has 0 radical (unpaired) electrons. The van der Waals surface area contributed by atoms with Crippen LogP contribution in [-0.4, -0.2) is 23.5 Å². The highest BCUT2D eigenvalue weighted by Gasteiger charge is 2.39. The molecule has 2 N–H and O–H groups in total. The summed E-state index contributed by atoms with van der Waals surface area (Å²) in [6.07, 6.45) is 6.24. The second kappa shape index (κ2) is 4.72. The van der Waals surface area contributed by atoms with Crippen molar-refractivity contribution in [2.75, 3.05) is 6.54 Å². The van der Waals surface area contributed by atoms with Gasteiger partial charge in [-0.15, -0.1) is 0 Å². The van der Waals surface area contributed by atoms with Crippen molar-refractivity contribution >= 4 is 11.9 Å². The van der Waals surface area contributed by atoms with Crippen LogP contribution in [0, 0.1) is 17.8 Å². The fourth-order valence-electron chi connectivity index (χ4n) is 3.50. The summed E-state index contributed by atoms with van der Waals surface area (Å²) in [5.41, 5.74) is 0.00470. The second-order valence-corrected chi connectivity index (χ2v) is 5.65. The van der Waals surface area contributed by atoms with Gasteiger partial charge < -0.3 is 14.8 Å². The third-order valence-electron chi connectivity index (χ3n) is 4.48. The first-order chi connectivity index (χ1) is 9.13. The zero-order valence-corrected chi connectivity index (χ0v) is 10.6. The highest BCUT2D eigenvalue weighted by molar-refractivity contribution is 5.95. The fourth-order valence-corrected chi connectivity index (χ4v) is 3.50. The molecule has 2 aliphatic carbocycles. The molecule has 1 heterocycles. The van der Waals surface area contributed by atoms with Crippen LogP contribution in [0.2, 0.25) is 0 Å². The Hall–Kier alpha value is -1.78. The van der Waals surface area contributed by atoms with Crippen molar-refractivity contribution in [3.63, 3.8) is 0 Å². The monoisotopic (exact) mass is 263 g/mol. The summed E-state index contributed by atoms with van der Waals surface area (Å²) >= 11 is 0. The van der Waals surface area contributed by atoms with Crippen LogP contribution < -0.4 is 5.32 Å². The lowest BCUT2D eigenvalue weighted by Gasteiger charge is -2.21. The van der Waals surface area contributed by atoms with E-state index in [1.807, 2.05) is 0 Å². The lowest BCUT2D eigenvalue weighted by atomic mass is 9.89. The average molecular weight is 263 g/mol. The van der Waals surface area contributed by atoms with Gasteiger partial charge in [-0.05, 0) is 37.0 Å². The van der Waals surface area contributed by atoms with Gasteiger partial charge in [0, 0.05) is 12.6 Å². The molecule has 19 heavy (non-hydrogen) atoms. The Morgan fingerprint density at radius 3 is 2.79 bits per heavy atom. The van der Waals surface area contributed by atoms with E-state index in [-0.39, 0.29) is 17.2 Å². The first-order valence-electron chi connectivity index (χ1n) is 6.73. The van der Waals surface area contributed by atoms with Crippen LogP contribution in [0.15, 0.2) is 16.7 Å². The number of aromatic carboxylic acids is 1. The number of furan rings is 1. The molecule has 0 aromatic carbocycles. The van der Waals surface area contributed by atoms with Crippen LogP contribution in [0.4, 0.5) is 0 Å². The average Bonchev–Trinajstić information content (AvgIpc) is 3.10. The van der Waals surface area contributed by atoms with Gasteiger partial charge in [0.05, 0.1) is 5.56 Å². The molecule has 2 saturated carbocycles. The van der Waals surface area contributed by atoms with Crippen molar-refractivity contribution in [1.29, 1.82) is 0 Å². The molecular formula is C14H17NO4. The predicted octanol–water partition coefficient (Wildman–Crippen LogP) is 2.14. The molecule has 102 valence electrons. The minimum atomic E-state index is -1.09. The zero-order valence-electron chi connectivity index (χ0n) is 10.6. The zero-order chi connectivity index (χ0) is 13.4. The van der Waals surface area contributed by atoms with Gasteiger partial charge >= 0.3 is 5.97 Å². The molecule has 2 bridgehead atoms. The summed E-state index contributed by atoms with van der Waals surface area (Å²) < 4.78 is 4.97. The maximum absolute atomic E-state index is 11.8. The summed E-state index contributed by atoms with van der Waals surface area (Å²) in [7, 11) is 0. The van der Waals surface area contributed by atoms with Gasteiger partial charge in [0.15, 0.2) is 5.76 Å². The Labute approximate surface area is 111 Å². The van der Waals surface area contributed by atoms with Gasteiger partial charge in [0.1, 0.15) is 6.26 Å². The lowest BCUT2D eigenvalue weighted by Crippen LogP contribution is -2.31. The summed E-state index contributed by atoms with van der Waals surface area (Å²) in [5.74, 6) is 0.856. The minimum absolute atomic E-state index is 0.00470. The van der Waals surface area contributed by atoms with Crippen LogP contribution in [-0.2, 0) is 0 Å². The number of nitrogens with one attached hydrogen (secondary N) is 1. The second-order valence-electron chi connectivity index (χ2n) is 5.65. The third kappa shape index (κ3) is 2.37. The van der Waals surface area contributed by atoms with Crippen molar-refractivity contribution in [2.45, 2.75) is 25.7 Å². The van der Waals surface area contributed by atoms with Crippen molar-refractivity contribution in [2.24, 2.45) is 17.8 Å². The molecule has 5 nitrogen and oxygen atoms in total. The van der Waals surface area contributed by atoms with Gasteiger partial charge in [-0.1, -0.05) is 6.42 Å². The van der Waals surface area contributed by atoms with E-state index < -0.39 is 5.97 Å². The number of fused-ring (bicyclic) bond motifs is 2. The number of amides is 1. The number of rotatable bonds is 4. The molecule has 3 unspecified atom stereocenters. The first kappa shape index (κ1) is 12.3. The maximum Gasteiger partial charge on any atom is 0.338 e. The van der Waals surface area contributed by atoms with Gasteiger partial charge in [-0.2, -0.15) is 0 Å². The van der Waals surface area contributed by atoms with E-state index in [4.69, 9.17) is 9.52 Å². The summed E-state index contributed by atoms with van der Waals surface area (Å²) in [4.78, 5) is 22.5. The molecule has 3 atom stereocenters. The fraction of sp³-hybridized carbons (Fsp3) is 0.571. The minimum Gasteiger partial charge on any atom is -0.478 e. The van der Waals surface area contributed by atoms with E-state index in [2.05, 4.69) is 5.32 Å². The van der Waals surface area contributed by atoms with E-state index in [1.54, 1.807) is 0 Å². The Morgan fingerprint density at radius 2 is 2.21 bits per heavy atom. The van der Waals surface area contributed by atoms with Crippen molar-refractivity contribution in [3.05, 3.63) is 23.7 Å². The Balaban J connectivity index is 1.54. The van der Waals surface area contributed by atoms with Crippen molar-refractivity contribution < 1.29 is 19.1 Å². The highest BCUT2D eigenvalue weighted by Crippen LogP contribution is 2.47. The normalized spacial score (nSPS) is 28.5. The van der Waals surface area contributed by atoms with Crippen LogP contribution in [0.1, 0.15) is 46.6 Å². The highest BCUT2D eigenvalue weighted by atomic mass is 16.4. The van der Waals surface area contributed by atoms with E-state index in [1.165, 1.54) is 31.7 Å². The predicted molar refractivity (Wildman–Crippen MR) is 66.9 cm³/mol. The molecule has 1 amide bonds. The van der Waals surface area contributed by atoms with E-state index in [9.17, 15) is 9.59 Å². The van der Waals surface area contributed by atoms with Gasteiger partial charge in [-0.3, -0.25) is 4.79 Å². The number of carboxylic acids is 1. The maximum atomic E-state index is 11.8. The van der Waals surface area contributed by atoms with Gasteiger partial charge in [-0.25, -0.2) is 4.79 Å². The van der Waals surface area contributed by atoms with Gasteiger partial charge in [0.25, 0.3) is 5.91 Å². The molecule has 0 spiro atoms. The third-order valence-corrected chi connectivity index (χ3v) is 4.48. The summed E-state index contributed by atoms with van der Waals surface area (Å²) in [6.45, 7) is 0.670. The summed E-state index contributed by atoms with van der Waals surface area (Å²) in [5, 5.41) is 11.6. The number of carboxylic acid groups (broad SMARTS) is 1. The molecule has 2 aliphatic rings. The molecule has 5 heteroatoms. The van der Waals surface area contributed by atoms with Crippen LogP contribution in [0.25, 0.3) is 0 Å². The SMILES string of the molecule is O=C(O)c1coc(C(=O)NCC2CC3CCC2C3)c1. The lowest BCUT2D eigenvalue weighted by molar-refractivity contribution is 0.0696. The number of carbonyl (C=O) groups excluding carboxylic acids is 1. The molecule has 1 aromatic rings. The topological polar surface area (TPSA) is 79.5 Å². The van der Waals surface area contributed by atoms with Crippen LogP contribution in [0.5, 0.6) is 0 Å². The molecule has 0 saturated heterocycles. The first-order valence-corrected chi connectivity index (χ1v) is 6.73. The molecule has 2 fully saturated rings. The molecule has 1 aromatic heterocycles. The van der Waals surface area contributed by atoms with Crippen LogP contribution >= 0.6 is 0 Å². The molecular weight excluding hydrogens is 246 g/mol. The number of carbonyl (C=O) groups is 2. The molecule has 3 rings (SSSR count). The Kier molecular flexibility index (Phi) is 3.05. The quantitative estimate of drug-likeness (QED) is 0.872. The standard InChI is InChI=1S/C14H17NO4/c16-13(12-5-11(7-19-12)14(17)18)15-6-10-4-8-1-2-9(10)3-8/h5,7-10H,1-4,6H2,(H,15,16)(H,17,18). The van der Waals surface area contributed by atoms with Crippen molar-refractivity contribution in [3.8, 4) is 0 Å². The number of hydrogen-bond acceptors (Lipinski definition) is 3. The van der Waals surface area contributed by atoms with Gasteiger partial charge in [0.2, 0.25) is 0 Å². The van der Waals surface area contributed by atoms with E-state index in [0.29, 0.717) is 12.5 Å². The van der Waals surface area contributed by atoms with Crippen LogP contribution in [0.3, 0.4) is 0 Å². The number of hydrogen-bond donors (Lipinski definition) is 2. The smallest absolute Gasteiger partial charge is 0.338 e. The largest absolute Gasteiger partial charge is 0.478 e. The van der Waals surface area contributed by atoms with E-state index in [0.717, 1.165) is 18.1 Å². The van der Waals surface area contributed by atoms with Crippen molar-refractivity contribution in [1.82, 2.24) is 5.32 Å². The Morgan fingerprint density at radius 1 is 1.37 bits per heavy atom. The Bertz CT molecular complexity index is 507. The van der Waals surface area contributed by atoms with E-state index >= 15 is 0 Å². The molecule has 0 aliphatic heterocycles.